The van der Waals surface area contributed by atoms with E-state index in [4.69, 9.17) is 0 Å². The zero-order valence-corrected chi connectivity index (χ0v) is 10.2. The highest BCUT2D eigenvalue weighted by molar-refractivity contribution is 9.10. The van der Waals surface area contributed by atoms with Crippen molar-refractivity contribution < 1.29 is 0 Å². The molecule has 0 unspecified atom stereocenters. The van der Waals surface area contributed by atoms with Gasteiger partial charge < -0.3 is 5.32 Å². The van der Waals surface area contributed by atoms with Crippen molar-refractivity contribution in [3.63, 3.8) is 0 Å². The first-order valence-electron chi connectivity index (χ1n) is 5.14. The Morgan fingerprint density at radius 1 is 1.36 bits per heavy atom. The Morgan fingerprint density at radius 3 is 2.86 bits per heavy atom. The van der Waals surface area contributed by atoms with Crippen LogP contribution >= 0.6 is 15.9 Å². The van der Waals surface area contributed by atoms with Crippen molar-refractivity contribution in [3.05, 3.63) is 28.5 Å². The van der Waals surface area contributed by atoms with Crippen molar-refractivity contribution in [1.29, 1.82) is 0 Å². The van der Waals surface area contributed by atoms with Gasteiger partial charge in [-0.1, -0.05) is 6.92 Å². The van der Waals surface area contributed by atoms with Crippen LogP contribution in [0.1, 0.15) is 25.5 Å². The number of nitrogens with one attached hydrogen (secondary N) is 1. The summed E-state index contributed by atoms with van der Waals surface area (Å²) in [4.78, 5) is 4.33. The van der Waals surface area contributed by atoms with E-state index in [1.807, 2.05) is 12.3 Å². The first-order chi connectivity index (χ1) is 6.83. The number of aryl methyl sites for hydroxylation is 1. The van der Waals surface area contributed by atoms with E-state index in [2.05, 4.69) is 39.2 Å². The van der Waals surface area contributed by atoms with E-state index in [-0.39, 0.29) is 0 Å². The molecule has 0 saturated carbocycles. The summed E-state index contributed by atoms with van der Waals surface area (Å²) in [5, 5.41) is 3.32. The maximum atomic E-state index is 4.33. The third-order valence-corrected chi connectivity index (χ3v) is 2.54. The van der Waals surface area contributed by atoms with E-state index in [1.165, 1.54) is 18.5 Å². The van der Waals surface area contributed by atoms with Gasteiger partial charge >= 0.3 is 0 Å². The molecule has 1 N–H and O–H groups in total. The second-order valence-corrected chi connectivity index (χ2v) is 4.19. The molecule has 0 aromatic carbocycles. The summed E-state index contributed by atoms with van der Waals surface area (Å²) in [5.41, 5.74) is 1.18. The third-order valence-electron chi connectivity index (χ3n) is 2.08. The predicted molar refractivity (Wildman–Crippen MR) is 63.4 cm³/mol. The van der Waals surface area contributed by atoms with Crippen molar-refractivity contribution in [3.8, 4) is 0 Å². The molecule has 0 aliphatic rings. The first-order valence-corrected chi connectivity index (χ1v) is 5.93. The molecule has 0 atom stereocenters. The molecule has 0 spiro atoms. The molecule has 0 amide bonds. The van der Waals surface area contributed by atoms with Crippen LogP contribution < -0.4 is 5.32 Å². The van der Waals surface area contributed by atoms with Crippen molar-refractivity contribution in [1.82, 2.24) is 10.3 Å². The SMILES string of the molecule is CCNCCCCc1ccc(Br)cn1. The van der Waals surface area contributed by atoms with Crippen LogP contribution in [0.3, 0.4) is 0 Å². The van der Waals surface area contributed by atoms with Gasteiger partial charge in [-0.3, -0.25) is 4.98 Å². The number of halogens is 1. The largest absolute Gasteiger partial charge is 0.317 e. The fraction of sp³-hybridized carbons (Fsp3) is 0.545. The van der Waals surface area contributed by atoms with Crippen LogP contribution in [-0.2, 0) is 6.42 Å². The van der Waals surface area contributed by atoms with E-state index in [0.29, 0.717) is 0 Å². The summed E-state index contributed by atoms with van der Waals surface area (Å²) in [6.45, 7) is 4.32. The van der Waals surface area contributed by atoms with Gasteiger partial charge in [-0.25, -0.2) is 0 Å². The molecule has 1 aromatic heterocycles. The smallest absolute Gasteiger partial charge is 0.0413 e. The van der Waals surface area contributed by atoms with Gasteiger partial charge in [0.05, 0.1) is 0 Å². The highest BCUT2D eigenvalue weighted by atomic mass is 79.9. The zero-order chi connectivity index (χ0) is 10.2. The summed E-state index contributed by atoms with van der Waals surface area (Å²) < 4.78 is 1.05. The van der Waals surface area contributed by atoms with Gasteiger partial charge in [-0.15, -0.1) is 0 Å². The molecule has 2 nitrogen and oxygen atoms in total. The average Bonchev–Trinajstić information content (AvgIpc) is 2.21. The Balaban J connectivity index is 2.15. The number of hydrogen-bond acceptors (Lipinski definition) is 2. The normalized spacial score (nSPS) is 10.4. The molecular formula is C11H17BrN2. The lowest BCUT2D eigenvalue weighted by Crippen LogP contribution is -2.13. The predicted octanol–water partition coefficient (Wildman–Crippen LogP) is 2.78. The Bertz CT molecular complexity index is 246. The van der Waals surface area contributed by atoms with Crippen LogP contribution in [-0.4, -0.2) is 18.1 Å². The highest BCUT2D eigenvalue weighted by Crippen LogP contribution is 2.08. The van der Waals surface area contributed by atoms with Gasteiger partial charge in [0, 0.05) is 16.4 Å². The van der Waals surface area contributed by atoms with E-state index >= 15 is 0 Å². The van der Waals surface area contributed by atoms with Gasteiger partial charge in [-0.2, -0.15) is 0 Å². The number of rotatable bonds is 6. The highest BCUT2D eigenvalue weighted by Gasteiger charge is 1.94. The lowest BCUT2D eigenvalue weighted by atomic mass is 10.2. The van der Waals surface area contributed by atoms with Gasteiger partial charge in [0.25, 0.3) is 0 Å². The van der Waals surface area contributed by atoms with Crippen LogP contribution in [0.4, 0.5) is 0 Å². The van der Waals surface area contributed by atoms with Crippen LogP contribution in [0.25, 0.3) is 0 Å². The molecule has 0 saturated heterocycles. The van der Waals surface area contributed by atoms with Crippen LogP contribution in [0.15, 0.2) is 22.8 Å². The standard InChI is InChI=1S/C11H17BrN2/c1-2-13-8-4-3-5-11-7-6-10(12)9-14-11/h6-7,9,13H,2-5,8H2,1H3. The Hall–Kier alpha value is -0.410. The summed E-state index contributed by atoms with van der Waals surface area (Å²) in [6.07, 6.45) is 5.38. The second kappa shape index (κ2) is 6.96. The molecule has 1 rings (SSSR count). The van der Waals surface area contributed by atoms with E-state index in [9.17, 15) is 0 Å². The molecule has 78 valence electrons. The Morgan fingerprint density at radius 2 is 2.21 bits per heavy atom. The minimum atomic E-state index is 1.05. The first kappa shape index (κ1) is 11.7. The zero-order valence-electron chi connectivity index (χ0n) is 8.59. The van der Waals surface area contributed by atoms with Gasteiger partial charge in [0.15, 0.2) is 0 Å². The quantitative estimate of drug-likeness (QED) is 0.792. The van der Waals surface area contributed by atoms with Crippen LogP contribution in [0.5, 0.6) is 0 Å². The molecule has 1 aromatic rings. The lowest BCUT2D eigenvalue weighted by molar-refractivity contribution is 0.637. The Labute approximate surface area is 94.3 Å². The minimum absolute atomic E-state index is 1.05. The summed E-state index contributed by atoms with van der Waals surface area (Å²) in [6, 6.07) is 4.13. The average molecular weight is 257 g/mol. The van der Waals surface area contributed by atoms with E-state index in [1.54, 1.807) is 0 Å². The second-order valence-electron chi connectivity index (χ2n) is 3.28. The van der Waals surface area contributed by atoms with Crippen molar-refractivity contribution in [2.75, 3.05) is 13.1 Å². The molecule has 0 aliphatic heterocycles. The summed E-state index contributed by atoms with van der Waals surface area (Å²) >= 11 is 3.38. The fourth-order valence-electron chi connectivity index (χ4n) is 1.29. The molecule has 1 heterocycles. The van der Waals surface area contributed by atoms with Crippen molar-refractivity contribution in [2.45, 2.75) is 26.2 Å². The lowest BCUT2D eigenvalue weighted by Gasteiger charge is -2.01. The minimum Gasteiger partial charge on any atom is -0.317 e. The van der Waals surface area contributed by atoms with Crippen molar-refractivity contribution in [2.24, 2.45) is 0 Å². The maximum absolute atomic E-state index is 4.33. The molecule has 0 aliphatic carbocycles. The number of nitrogens with zero attached hydrogens (tertiary/aromatic N) is 1. The summed E-state index contributed by atoms with van der Waals surface area (Å²) in [5.74, 6) is 0. The van der Waals surface area contributed by atoms with Gasteiger partial charge in [0.1, 0.15) is 0 Å². The Kier molecular flexibility index (Phi) is 5.80. The molecule has 14 heavy (non-hydrogen) atoms. The van der Waals surface area contributed by atoms with E-state index in [0.717, 1.165) is 24.0 Å². The maximum Gasteiger partial charge on any atom is 0.0413 e. The fourth-order valence-corrected chi connectivity index (χ4v) is 1.52. The molecule has 0 bridgehead atoms. The summed E-state index contributed by atoms with van der Waals surface area (Å²) in [7, 11) is 0. The molecular weight excluding hydrogens is 240 g/mol. The van der Waals surface area contributed by atoms with Gasteiger partial charge in [0.2, 0.25) is 0 Å². The number of pyridine rings is 1. The topological polar surface area (TPSA) is 24.9 Å². The van der Waals surface area contributed by atoms with Gasteiger partial charge in [-0.05, 0) is 60.4 Å². The molecule has 3 heteroatoms. The number of hydrogen-bond donors (Lipinski definition) is 1. The number of aromatic nitrogens is 1. The monoisotopic (exact) mass is 256 g/mol. The van der Waals surface area contributed by atoms with Crippen molar-refractivity contribution >= 4 is 15.9 Å². The third kappa shape index (κ3) is 4.72. The molecule has 0 fully saturated rings. The van der Waals surface area contributed by atoms with E-state index < -0.39 is 0 Å². The van der Waals surface area contributed by atoms with Crippen LogP contribution in [0.2, 0.25) is 0 Å². The number of unbranched alkanes of at least 4 members (excludes halogenated alkanes) is 1. The molecule has 0 radical (unpaired) electrons. The van der Waals surface area contributed by atoms with Crippen LogP contribution in [0, 0.1) is 0 Å².